The summed E-state index contributed by atoms with van der Waals surface area (Å²) < 4.78 is 2.20. The van der Waals surface area contributed by atoms with Crippen LogP contribution >= 0.6 is 15.9 Å². The number of anilines is 2. The molecular weight excluding hydrogens is 424 g/mol. The van der Waals surface area contributed by atoms with Crippen molar-refractivity contribution in [1.82, 2.24) is 9.78 Å². The van der Waals surface area contributed by atoms with E-state index in [0.717, 1.165) is 5.69 Å². The fourth-order valence-electron chi connectivity index (χ4n) is 2.83. The zero-order valence-electron chi connectivity index (χ0n) is 14.8. The highest BCUT2D eigenvalue weighted by Crippen LogP contribution is 2.28. The lowest BCUT2D eigenvalue weighted by Crippen LogP contribution is -2.06. The van der Waals surface area contributed by atoms with Gasteiger partial charge in [0.1, 0.15) is 23.1 Å². The van der Waals surface area contributed by atoms with Crippen LogP contribution in [0.25, 0.3) is 5.69 Å². The molecule has 8 nitrogen and oxygen atoms in total. The SMILES string of the molecule is N#Cc1c(CCCNc2ccc(Br)cc2[N+](=O)[O-])nn(-c2ccccc2)c1N. The zero-order valence-corrected chi connectivity index (χ0v) is 16.4. The Bertz CT molecular complexity index is 1040. The molecule has 0 spiro atoms. The summed E-state index contributed by atoms with van der Waals surface area (Å²) in [5.74, 6) is 0.306. The largest absolute Gasteiger partial charge is 0.382 e. The number of nitriles is 1. The molecule has 0 aliphatic heterocycles. The minimum absolute atomic E-state index is 0.00434. The van der Waals surface area contributed by atoms with Gasteiger partial charge in [0.2, 0.25) is 0 Å². The number of aryl methyl sites for hydroxylation is 1. The summed E-state index contributed by atoms with van der Waals surface area (Å²) in [5, 5.41) is 28.2. The predicted octanol–water partition coefficient (Wildman–Crippen LogP) is 4.04. The van der Waals surface area contributed by atoms with Crippen LogP contribution in [0.3, 0.4) is 0 Å². The Kier molecular flexibility index (Phi) is 5.91. The molecule has 0 saturated carbocycles. The maximum absolute atomic E-state index is 11.2. The Labute approximate surface area is 169 Å². The van der Waals surface area contributed by atoms with Gasteiger partial charge in [-0.15, -0.1) is 0 Å². The van der Waals surface area contributed by atoms with Crippen LogP contribution in [-0.2, 0) is 6.42 Å². The highest BCUT2D eigenvalue weighted by Gasteiger charge is 2.17. The number of benzene rings is 2. The summed E-state index contributed by atoms with van der Waals surface area (Å²) in [6.07, 6.45) is 1.15. The van der Waals surface area contributed by atoms with Crippen molar-refractivity contribution in [1.29, 1.82) is 5.26 Å². The molecule has 0 amide bonds. The summed E-state index contributed by atoms with van der Waals surface area (Å²) in [6, 6.07) is 16.3. The van der Waals surface area contributed by atoms with Gasteiger partial charge in [0.15, 0.2) is 0 Å². The number of para-hydroxylation sites is 1. The monoisotopic (exact) mass is 440 g/mol. The van der Waals surface area contributed by atoms with Gasteiger partial charge in [-0.1, -0.05) is 34.1 Å². The number of nitro groups is 1. The van der Waals surface area contributed by atoms with Crippen molar-refractivity contribution in [3.63, 3.8) is 0 Å². The molecule has 2 aromatic carbocycles. The molecule has 3 aromatic rings. The normalized spacial score (nSPS) is 10.4. The highest BCUT2D eigenvalue weighted by molar-refractivity contribution is 9.10. The van der Waals surface area contributed by atoms with Gasteiger partial charge in [-0.3, -0.25) is 10.1 Å². The molecule has 0 unspecified atom stereocenters. The first-order chi connectivity index (χ1) is 13.5. The van der Waals surface area contributed by atoms with Gasteiger partial charge < -0.3 is 11.1 Å². The number of aromatic nitrogens is 2. The van der Waals surface area contributed by atoms with Crippen LogP contribution in [-0.4, -0.2) is 21.2 Å². The topological polar surface area (TPSA) is 123 Å². The molecule has 1 heterocycles. The second-order valence-electron chi connectivity index (χ2n) is 6.02. The number of hydrogen-bond acceptors (Lipinski definition) is 6. The summed E-state index contributed by atoms with van der Waals surface area (Å²) in [4.78, 5) is 10.7. The van der Waals surface area contributed by atoms with Crippen molar-refractivity contribution in [2.24, 2.45) is 0 Å². The Balaban J connectivity index is 1.69. The molecule has 9 heteroatoms. The van der Waals surface area contributed by atoms with E-state index >= 15 is 0 Å². The fraction of sp³-hybridized carbons (Fsp3) is 0.158. The third-order valence-electron chi connectivity index (χ3n) is 4.17. The molecular formula is C19H17BrN6O2. The summed E-state index contributed by atoms with van der Waals surface area (Å²) >= 11 is 3.24. The molecule has 1 aromatic heterocycles. The second-order valence-corrected chi connectivity index (χ2v) is 6.93. The standard InChI is InChI=1S/C19H17BrN6O2/c20-13-8-9-17(18(11-13)26(27)28)23-10-4-7-16-15(12-21)19(22)25(24-16)14-5-2-1-3-6-14/h1-3,5-6,8-9,11,23H,4,7,10,22H2. The average molecular weight is 441 g/mol. The number of nitrogens with zero attached hydrogens (tertiary/aromatic N) is 4. The number of nitro benzene ring substituents is 1. The van der Waals surface area contributed by atoms with E-state index < -0.39 is 4.92 Å². The number of nitrogens with two attached hydrogens (primary N) is 1. The molecule has 0 saturated heterocycles. The first-order valence-corrected chi connectivity index (χ1v) is 9.31. The van der Waals surface area contributed by atoms with Crippen LogP contribution in [0, 0.1) is 21.4 Å². The van der Waals surface area contributed by atoms with Crippen LogP contribution in [0.1, 0.15) is 17.7 Å². The van der Waals surface area contributed by atoms with E-state index in [4.69, 9.17) is 5.73 Å². The number of rotatable bonds is 7. The Morgan fingerprint density at radius 3 is 2.71 bits per heavy atom. The third-order valence-corrected chi connectivity index (χ3v) is 4.66. The summed E-state index contributed by atoms with van der Waals surface area (Å²) in [6.45, 7) is 0.492. The summed E-state index contributed by atoms with van der Waals surface area (Å²) in [5.41, 5.74) is 8.29. The van der Waals surface area contributed by atoms with E-state index in [0.29, 0.717) is 46.6 Å². The second kappa shape index (κ2) is 8.54. The highest BCUT2D eigenvalue weighted by atomic mass is 79.9. The lowest BCUT2D eigenvalue weighted by molar-refractivity contribution is -0.384. The van der Waals surface area contributed by atoms with E-state index in [9.17, 15) is 15.4 Å². The van der Waals surface area contributed by atoms with Gasteiger partial charge >= 0.3 is 0 Å². The summed E-state index contributed by atoms with van der Waals surface area (Å²) in [7, 11) is 0. The van der Waals surface area contributed by atoms with Gasteiger partial charge in [-0.05, 0) is 37.1 Å². The van der Waals surface area contributed by atoms with Gasteiger partial charge in [0.25, 0.3) is 5.69 Å². The molecule has 0 aliphatic carbocycles. The van der Waals surface area contributed by atoms with Crippen LogP contribution in [0.5, 0.6) is 0 Å². The van der Waals surface area contributed by atoms with E-state index in [1.54, 1.807) is 16.8 Å². The molecule has 0 atom stereocenters. The van der Waals surface area contributed by atoms with Crippen molar-refractivity contribution >= 4 is 33.1 Å². The van der Waals surface area contributed by atoms with E-state index in [1.807, 2.05) is 30.3 Å². The number of halogens is 1. The lowest BCUT2D eigenvalue weighted by Gasteiger charge is -2.07. The van der Waals surface area contributed by atoms with Crippen molar-refractivity contribution in [3.05, 3.63) is 74.4 Å². The minimum atomic E-state index is -0.427. The van der Waals surface area contributed by atoms with Gasteiger partial charge in [0.05, 0.1) is 16.3 Å². The van der Waals surface area contributed by atoms with E-state index in [1.165, 1.54) is 6.07 Å². The van der Waals surface area contributed by atoms with Crippen LogP contribution in [0.4, 0.5) is 17.2 Å². The smallest absolute Gasteiger partial charge is 0.293 e. The Hall–Kier alpha value is -3.38. The molecule has 0 radical (unpaired) electrons. The van der Waals surface area contributed by atoms with E-state index in [2.05, 4.69) is 32.4 Å². The van der Waals surface area contributed by atoms with Gasteiger partial charge in [-0.25, -0.2) is 4.68 Å². The molecule has 28 heavy (non-hydrogen) atoms. The van der Waals surface area contributed by atoms with Crippen LogP contribution in [0.15, 0.2) is 53.0 Å². The quantitative estimate of drug-likeness (QED) is 0.324. The maximum Gasteiger partial charge on any atom is 0.293 e. The van der Waals surface area contributed by atoms with Crippen molar-refractivity contribution in [2.75, 3.05) is 17.6 Å². The Morgan fingerprint density at radius 2 is 2.04 bits per heavy atom. The minimum Gasteiger partial charge on any atom is -0.382 e. The number of hydrogen-bond donors (Lipinski definition) is 2. The first-order valence-electron chi connectivity index (χ1n) is 8.52. The molecule has 142 valence electrons. The lowest BCUT2D eigenvalue weighted by atomic mass is 10.1. The fourth-order valence-corrected chi connectivity index (χ4v) is 3.17. The van der Waals surface area contributed by atoms with Crippen molar-refractivity contribution < 1.29 is 4.92 Å². The first kappa shape index (κ1) is 19.4. The Morgan fingerprint density at radius 1 is 1.29 bits per heavy atom. The number of nitrogen functional groups attached to an aromatic ring is 1. The zero-order chi connectivity index (χ0) is 20.1. The molecule has 3 rings (SSSR count). The third kappa shape index (κ3) is 4.13. The molecule has 0 bridgehead atoms. The average Bonchev–Trinajstić information content (AvgIpc) is 3.02. The number of nitrogens with one attached hydrogen (secondary N) is 1. The van der Waals surface area contributed by atoms with Crippen LogP contribution < -0.4 is 11.1 Å². The van der Waals surface area contributed by atoms with Gasteiger partial charge in [0, 0.05) is 17.1 Å². The van der Waals surface area contributed by atoms with Crippen molar-refractivity contribution in [3.8, 4) is 11.8 Å². The van der Waals surface area contributed by atoms with Crippen molar-refractivity contribution in [2.45, 2.75) is 12.8 Å². The molecule has 0 fully saturated rings. The maximum atomic E-state index is 11.2. The van der Waals surface area contributed by atoms with E-state index in [-0.39, 0.29) is 5.69 Å². The molecule has 3 N–H and O–H groups in total. The van der Waals surface area contributed by atoms with Gasteiger partial charge in [-0.2, -0.15) is 10.4 Å². The van der Waals surface area contributed by atoms with Crippen LogP contribution in [0.2, 0.25) is 0 Å². The predicted molar refractivity (Wildman–Crippen MR) is 110 cm³/mol. The molecule has 0 aliphatic rings.